The van der Waals surface area contributed by atoms with Crippen molar-refractivity contribution in [3.05, 3.63) is 35.9 Å². The van der Waals surface area contributed by atoms with Gasteiger partial charge in [0.25, 0.3) is 0 Å². The minimum absolute atomic E-state index is 0.783. The van der Waals surface area contributed by atoms with E-state index in [0.29, 0.717) is 0 Å². The van der Waals surface area contributed by atoms with Crippen LogP contribution >= 0.6 is 0 Å². The van der Waals surface area contributed by atoms with Crippen molar-refractivity contribution in [2.45, 2.75) is 82.7 Å². The smallest absolute Gasteiger partial charge is 0.00722 e. The zero-order valence-electron chi connectivity index (χ0n) is 13.6. The van der Waals surface area contributed by atoms with E-state index in [1.807, 2.05) is 0 Å². The fourth-order valence-corrected chi connectivity index (χ4v) is 4.47. The van der Waals surface area contributed by atoms with E-state index in [9.17, 15) is 0 Å². The Morgan fingerprint density at radius 1 is 0.905 bits per heavy atom. The molecule has 2 saturated carbocycles. The van der Waals surface area contributed by atoms with Crippen LogP contribution in [0.3, 0.4) is 0 Å². The van der Waals surface area contributed by atoms with Gasteiger partial charge in [0, 0.05) is 12.1 Å². The molecule has 2 fully saturated rings. The summed E-state index contributed by atoms with van der Waals surface area (Å²) in [6.45, 7) is 2.36. The van der Waals surface area contributed by atoms with Crippen LogP contribution in [0.5, 0.6) is 0 Å². The third kappa shape index (κ3) is 4.10. The minimum Gasteiger partial charge on any atom is -0.311 e. The van der Waals surface area contributed by atoms with Gasteiger partial charge in [0.2, 0.25) is 0 Å². The summed E-state index contributed by atoms with van der Waals surface area (Å²) < 4.78 is 0. The first kappa shape index (κ1) is 15.1. The molecule has 0 bridgehead atoms. The first-order chi connectivity index (χ1) is 10.3. The van der Waals surface area contributed by atoms with Gasteiger partial charge >= 0.3 is 0 Å². The van der Waals surface area contributed by atoms with Gasteiger partial charge in [0.15, 0.2) is 0 Å². The highest BCUT2D eigenvalue weighted by Crippen LogP contribution is 2.34. The summed E-state index contributed by atoms with van der Waals surface area (Å²) in [6, 6.07) is 12.7. The zero-order valence-corrected chi connectivity index (χ0v) is 13.6. The molecule has 0 aromatic heterocycles. The van der Waals surface area contributed by atoms with Crippen LogP contribution < -0.4 is 5.32 Å². The molecule has 1 N–H and O–H groups in total. The summed E-state index contributed by atoms with van der Waals surface area (Å²) >= 11 is 0. The summed E-state index contributed by atoms with van der Waals surface area (Å²) in [5.41, 5.74) is 1.56. The Labute approximate surface area is 130 Å². The van der Waals surface area contributed by atoms with Crippen molar-refractivity contribution >= 4 is 0 Å². The molecule has 2 aliphatic rings. The number of hydrogen-bond donors (Lipinski definition) is 1. The summed E-state index contributed by atoms with van der Waals surface area (Å²) in [5, 5.41) is 3.99. The van der Waals surface area contributed by atoms with Crippen LogP contribution in [0, 0.1) is 5.92 Å². The van der Waals surface area contributed by atoms with Crippen LogP contribution in [0.15, 0.2) is 30.3 Å². The predicted octanol–water partition coefficient (Wildman–Crippen LogP) is 5.27. The largest absolute Gasteiger partial charge is 0.311 e. The molecule has 0 amide bonds. The van der Waals surface area contributed by atoms with Crippen LogP contribution in [-0.2, 0) is 0 Å². The quantitative estimate of drug-likeness (QED) is 0.794. The van der Waals surface area contributed by atoms with Crippen molar-refractivity contribution < 1.29 is 0 Å². The molecule has 1 aromatic carbocycles. The Morgan fingerprint density at radius 3 is 2.38 bits per heavy atom. The molecule has 0 aliphatic heterocycles. The molecule has 21 heavy (non-hydrogen) atoms. The molecule has 2 aliphatic carbocycles. The van der Waals surface area contributed by atoms with Gasteiger partial charge in [0.1, 0.15) is 0 Å². The molecule has 3 rings (SSSR count). The van der Waals surface area contributed by atoms with E-state index in [1.54, 1.807) is 5.56 Å². The molecular formula is C20H31N. The molecule has 1 aromatic rings. The van der Waals surface area contributed by atoms with Crippen LogP contribution in [0.2, 0.25) is 0 Å². The highest BCUT2D eigenvalue weighted by atomic mass is 15.0. The Morgan fingerprint density at radius 2 is 1.67 bits per heavy atom. The van der Waals surface area contributed by atoms with Gasteiger partial charge in [0.05, 0.1) is 0 Å². The number of rotatable bonds is 4. The third-order valence-corrected chi connectivity index (χ3v) is 5.83. The van der Waals surface area contributed by atoms with Crippen LogP contribution in [0.1, 0.15) is 76.2 Å². The lowest BCUT2D eigenvalue weighted by Gasteiger charge is -2.36. The van der Waals surface area contributed by atoms with Gasteiger partial charge in [-0.3, -0.25) is 0 Å². The number of benzene rings is 1. The lowest BCUT2D eigenvalue weighted by Crippen LogP contribution is -2.42. The molecule has 1 nitrogen and oxygen atoms in total. The van der Waals surface area contributed by atoms with Crippen LogP contribution in [-0.4, -0.2) is 12.1 Å². The molecule has 0 saturated heterocycles. The number of hydrogen-bond acceptors (Lipinski definition) is 1. The Kier molecular flexibility index (Phi) is 5.35. The fraction of sp³-hybridized carbons (Fsp3) is 0.700. The second-order valence-electron chi connectivity index (χ2n) is 7.26. The standard InChI is InChI=1S/C20H31N/c1-2-16-7-6-10-20(15-16)21-19-13-11-18(12-14-19)17-8-4-3-5-9-17/h3-5,8-9,16,18-21H,2,6-7,10-15H2,1H3. The maximum atomic E-state index is 3.99. The second kappa shape index (κ2) is 7.45. The highest BCUT2D eigenvalue weighted by Gasteiger charge is 2.26. The average Bonchev–Trinajstić information content (AvgIpc) is 2.56. The minimum atomic E-state index is 0.783. The lowest BCUT2D eigenvalue weighted by atomic mass is 9.80. The lowest BCUT2D eigenvalue weighted by molar-refractivity contribution is 0.236. The van der Waals surface area contributed by atoms with Crippen molar-refractivity contribution in [1.29, 1.82) is 0 Å². The van der Waals surface area contributed by atoms with Gasteiger partial charge in [-0.2, -0.15) is 0 Å². The normalized spacial score (nSPS) is 33.8. The first-order valence-electron chi connectivity index (χ1n) is 9.16. The topological polar surface area (TPSA) is 12.0 Å². The Bertz CT molecular complexity index is 405. The molecule has 1 heteroatoms. The summed E-state index contributed by atoms with van der Waals surface area (Å²) in [5.74, 6) is 1.79. The average molecular weight is 285 g/mol. The van der Waals surface area contributed by atoms with Crippen molar-refractivity contribution in [3.63, 3.8) is 0 Å². The van der Waals surface area contributed by atoms with E-state index in [0.717, 1.165) is 23.9 Å². The van der Waals surface area contributed by atoms with Crippen LogP contribution in [0.25, 0.3) is 0 Å². The first-order valence-corrected chi connectivity index (χ1v) is 9.16. The summed E-state index contributed by atoms with van der Waals surface area (Å²) in [7, 11) is 0. The van der Waals surface area contributed by atoms with Crippen LogP contribution in [0.4, 0.5) is 0 Å². The van der Waals surface area contributed by atoms with Gasteiger partial charge < -0.3 is 5.32 Å². The van der Waals surface area contributed by atoms with Gasteiger partial charge in [-0.25, -0.2) is 0 Å². The summed E-state index contributed by atoms with van der Waals surface area (Å²) in [6.07, 6.45) is 12.6. The van der Waals surface area contributed by atoms with E-state index in [4.69, 9.17) is 0 Å². The predicted molar refractivity (Wildman–Crippen MR) is 90.6 cm³/mol. The maximum absolute atomic E-state index is 3.99. The van der Waals surface area contributed by atoms with E-state index < -0.39 is 0 Å². The Balaban J connectivity index is 1.45. The zero-order chi connectivity index (χ0) is 14.5. The van der Waals surface area contributed by atoms with Gasteiger partial charge in [-0.05, 0) is 55.9 Å². The van der Waals surface area contributed by atoms with E-state index in [1.165, 1.54) is 57.8 Å². The number of nitrogens with one attached hydrogen (secondary N) is 1. The van der Waals surface area contributed by atoms with Crippen molar-refractivity contribution in [1.82, 2.24) is 5.32 Å². The molecular weight excluding hydrogens is 254 g/mol. The monoisotopic (exact) mass is 285 g/mol. The maximum Gasteiger partial charge on any atom is 0.00722 e. The second-order valence-corrected chi connectivity index (χ2v) is 7.26. The van der Waals surface area contributed by atoms with Crippen molar-refractivity contribution in [3.8, 4) is 0 Å². The molecule has 0 radical (unpaired) electrons. The summed E-state index contributed by atoms with van der Waals surface area (Å²) in [4.78, 5) is 0. The molecule has 116 valence electrons. The van der Waals surface area contributed by atoms with E-state index in [-0.39, 0.29) is 0 Å². The van der Waals surface area contributed by atoms with Crippen molar-refractivity contribution in [2.75, 3.05) is 0 Å². The van der Waals surface area contributed by atoms with E-state index >= 15 is 0 Å². The van der Waals surface area contributed by atoms with Gasteiger partial charge in [-0.15, -0.1) is 0 Å². The molecule has 2 atom stereocenters. The third-order valence-electron chi connectivity index (χ3n) is 5.83. The fourth-order valence-electron chi connectivity index (χ4n) is 4.47. The molecule has 0 spiro atoms. The van der Waals surface area contributed by atoms with Gasteiger partial charge in [-0.1, -0.05) is 56.5 Å². The SMILES string of the molecule is CCC1CCCC(NC2CCC(c3ccccc3)CC2)C1. The van der Waals surface area contributed by atoms with E-state index in [2.05, 4.69) is 42.6 Å². The highest BCUT2D eigenvalue weighted by molar-refractivity contribution is 5.20. The molecule has 2 unspecified atom stereocenters. The molecule has 0 heterocycles. The van der Waals surface area contributed by atoms with Crippen molar-refractivity contribution in [2.24, 2.45) is 5.92 Å². The Hall–Kier alpha value is -0.820.